The minimum Gasteiger partial charge on any atom is -0.347 e. The van der Waals surface area contributed by atoms with E-state index in [1.807, 2.05) is 14.1 Å². The van der Waals surface area contributed by atoms with Crippen LogP contribution in [0.4, 0.5) is 5.69 Å². The molecule has 1 aromatic carbocycles. The van der Waals surface area contributed by atoms with Crippen LogP contribution in [0.2, 0.25) is 0 Å². The van der Waals surface area contributed by atoms with E-state index < -0.39 is 0 Å². The van der Waals surface area contributed by atoms with Gasteiger partial charge in [-0.1, -0.05) is 32.0 Å². The fourth-order valence-electron chi connectivity index (χ4n) is 2.52. The third kappa shape index (κ3) is 1.88. The number of likely N-dealkylation sites (N-methyl/N-ethyl adjacent to an activating group) is 1. The molecule has 0 bridgehead atoms. The molecule has 2 nitrogen and oxygen atoms in total. The number of anilines is 1. The van der Waals surface area contributed by atoms with Gasteiger partial charge in [0.1, 0.15) is 14.1 Å². The normalized spacial score (nSPS) is 19.4. The number of nitrogens with zero attached hydrogens (tertiary/aromatic N) is 2. The summed E-state index contributed by atoms with van der Waals surface area (Å²) in [5.41, 5.74) is 4.14. The molecular formula is C15H21N2+. The molecule has 1 aromatic rings. The van der Waals surface area contributed by atoms with Gasteiger partial charge in [-0.3, -0.25) is 0 Å². The predicted molar refractivity (Wildman–Crippen MR) is 74.1 cm³/mol. The molecule has 0 aliphatic carbocycles. The van der Waals surface area contributed by atoms with Gasteiger partial charge in [0.05, 0.1) is 0 Å². The third-order valence-electron chi connectivity index (χ3n) is 3.47. The van der Waals surface area contributed by atoms with Crippen molar-refractivity contribution < 1.29 is 4.58 Å². The molecule has 17 heavy (non-hydrogen) atoms. The number of benzene rings is 1. The zero-order valence-electron chi connectivity index (χ0n) is 11.4. The second-order valence-electron chi connectivity index (χ2n) is 5.37. The van der Waals surface area contributed by atoms with Crippen LogP contribution in [0.25, 0.3) is 0 Å². The molecule has 0 saturated carbocycles. The van der Waals surface area contributed by atoms with Crippen molar-refractivity contribution in [3.8, 4) is 0 Å². The number of hydrogen-bond donors (Lipinski definition) is 0. The van der Waals surface area contributed by atoms with Crippen molar-refractivity contribution >= 4 is 11.9 Å². The van der Waals surface area contributed by atoms with E-state index in [2.05, 4.69) is 66.9 Å². The van der Waals surface area contributed by atoms with Gasteiger partial charge in [0.15, 0.2) is 6.21 Å². The van der Waals surface area contributed by atoms with Crippen LogP contribution >= 0.6 is 0 Å². The minimum absolute atomic E-state index is 0.0812. The first-order valence-corrected chi connectivity index (χ1v) is 6.00. The standard InChI is InChI=1S/C15H21N2/c1-15(2)12-8-6-7-9-13(12)17(5)14(15)10-11-16(3)4/h6-11H,1-5H3/q+1. The van der Waals surface area contributed by atoms with Gasteiger partial charge >= 0.3 is 0 Å². The summed E-state index contributed by atoms with van der Waals surface area (Å²) in [4.78, 5) is 2.29. The summed E-state index contributed by atoms with van der Waals surface area (Å²) in [6.45, 7) is 4.56. The van der Waals surface area contributed by atoms with Crippen LogP contribution < -0.4 is 4.90 Å². The number of allylic oxidation sites excluding steroid dienone is 2. The fourth-order valence-corrected chi connectivity index (χ4v) is 2.52. The highest BCUT2D eigenvalue weighted by Crippen LogP contribution is 2.46. The smallest absolute Gasteiger partial charge is 0.164 e. The van der Waals surface area contributed by atoms with E-state index in [-0.39, 0.29) is 5.41 Å². The molecule has 0 radical (unpaired) electrons. The van der Waals surface area contributed by atoms with Gasteiger partial charge in [0.2, 0.25) is 0 Å². The Bertz CT molecular complexity index is 491. The summed E-state index contributed by atoms with van der Waals surface area (Å²) < 4.78 is 2.07. The summed E-state index contributed by atoms with van der Waals surface area (Å²) in [5, 5.41) is 0. The maximum absolute atomic E-state index is 2.29. The van der Waals surface area contributed by atoms with Gasteiger partial charge < -0.3 is 4.90 Å². The molecule has 0 amide bonds. The topological polar surface area (TPSA) is 6.25 Å². The quantitative estimate of drug-likeness (QED) is 0.530. The number of rotatable bonds is 1. The lowest BCUT2D eigenvalue weighted by Gasteiger charge is -2.23. The number of fused-ring (bicyclic) bond motifs is 1. The van der Waals surface area contributed by atoms with E-state index in [1.54, 1.807) is 0 Å². The summed E-state index contributed by atoms with van der Waals surface area (Å²) in [6.07, 6.45) is 4.32. The average Bonchev–Trinajstić information content (AvgIpc) is 2.46. The average molecular weight is 229 g/mol. The van der Waals surface area contributed by atoms with Gasteiger partial charge in [-0.25, -0.2) is 4.58 Å². The van der Waals surface area contributed by atoms with Crippen LogP contribution in [-0.2, 0) is 5.41 Å². The molecule has 0 unspecified atom stereocenters. The van der Waals surface area contributed by atoms with E-state index in [0.717, 1.165) is 0 Å². The van der Waals surface area contributed by atoms with Crippen molar-refractivity contribution in [1.82, 2.24) is 0 Å². The first-order valence-electron chi connectivity index (χ1n) is 6.00. The molecule has 1 heterocycles. The molecule has 0 aromatic heterocycles. The Morgan fingerprint density at radius 3 is 2.41 bits per heavy atom. The lowest BCUT2D eigenvalue weighted by atomic mass is 9.84. The highest BCUT2D eigenvalue weighted by atomic mass is 15.2. The van der Waals surface area contributed by atoms with Gasteiger partial charge in [-0.05, 0) is 11.6 Å². The van der Waals surface area contributed by atoms with Crippen LogP contribution in [0.15, 0.2) is 36.0 Å². The summed E-state index contributed by atoms with van der Waals surface area (Å²) >= 11 is 0. The molecule has 0 atom stereocenters. The van der Waals surface area contributed by atoms with Gasteiger partial charge in [0, 0.05) is 29.9 Å². The lowest BCUT2D eigenvalue weighted by Crippen LogP contribution is -2.23. The SMILES string of the molecule is CN1C(=CC=[N+](C)C)C(C)(C)c2ccccc21. The first kappa shape index (κ1) is 11.9. The molecular weight excluding hydrogens is 208 g/mol. The zero-order chi connectivity index (χ0) is 12.6. The highest BCUT2D eigenvalue weighted by molar-refractivity contribution is 5.77. The van der Waals surface area contributed by atoms with Crippen molar-refractivity contribution in [1.29, 1.82) is 0 Å². The summed E-state index contributed by atoms with van der Waals surface area (Å²) in [6, 6.07) is 8.63. The molecule has 0 spiro atoms. The van der Waals surface area contributed by atoms with Crippen molar-refractivity contribution in [3.05, 3.63) is 41.6 Å². The Balaban J connectivity index is 2.54. The number of para-hydroxylation sites is 1. The van der Waals surface area contributed by atoms with Gasteiger partial charge in [0.25, 0.3) is 0 Å². The Morgan fingerprint density at radius 1 is 1.18 bits per heavy atom. The van der Waals surface area contributed by atoms with E-state index in [0.29, 0.717) is 0 Å². The van der Waals surface area contributed by atoms with Crippen molar-refractivity contribution in [2.45, 2.75) is 19.3 Å². The van der Waals surface area contributed by atoms with E-state index in [4.69, 9.17) is 0 Å². The van der Waals surface area contributed by atoms with E-state index in [9.17, 15) is 0 Å². The largest absolute Gasteiger partial charge is 0.347 e. The Morgan fingerprint density at radius 2 is 1.82 bits per heavy atom. The summed E-state index contributed by atoms with van der Waals surface area (Å²) in [5.74, 6) is 0. The molecule has 90 valence electrons. The Hall–Kier alpha value is -1.57. The van der Waals surface area contributed by atoms with E-state index >= 15 is 0 Å². The molecule has 0 fully saturated rings. The molecule has 0 N–H and O–H groups in total. The van der Waals surface area contributed by atoms with Gasteiger partial charge in [-0.15, -0.1) is 0 Å². The van der Waals surface area contributed by atoms with Crippen LogP contribution in [0, 0.1) is 0 Å². The second kappa shape index (κ2) is 4.02. The minimum atomic E-state index is 0.0812. The predicted octanol–water partition coefficient (Wildman–Crippen LogP) is 2.64. The molecule has 2 heteroatoms. The van der Waals surface area contributed by atoms with Crippen molar-refractivity contribution in [2.75, 3.05) is 26.0 Å². The lowest BCUT2D eigenvalue weighted by molar-refractivity contribution is -0.458. The van der Waals surface area contributed by atoms with Crippen molar-refractivity contribution in [2.24, 2.45) is 0 Å². The molecule has 1 aliphatic heterocycles. The Kier molecular flexibility index (Phi) is 2.82. The molecule has 2 rings (SSSR count). The van der Waals surface area contributed by atoms with Crippen LogP contribution in [-0.4, -0.2) is 31.9 Å². The van der Waals surface area contributed by atoms with E-state index in [1.165, 1.54) is 16.9 Å². The Labute approximate surface area is 104 Å². The monoisotopic (exact) mass is 229 g/mol. The zero-order valence-corrected chi connectivity index (χ0v) is 11.4. The second-order valence-corrected chi connectivity index (χ2v) is 5.37. The first-order chi connectivity index (χ1) is 7.94. The molecule has 0 saturated heterocycles. The fraction of sp³-hybridized carbons (Fsp3) is 0.400. The number of hydrogen-bond acceptors (Lipinski definition) is 1. The van der Waals surface area contributed by atoms with Crippen LogP contribution in [0.5, 0.6) is 0 Å². The van der Waals surface area contributed by atoms with Crippen molar-refractivity contribution in [3.63, 3.8) is 0 Å². The summed E-state index contributed by atoms with van der Waals surface area (Å²) in [7, 11) is 6.24. The van der Waals surface area contributed by atoms with Crippen LogP contribution in [0.3, 0.4) is 0 Å². The van der Waals surface area contributed by atoms with Crippen LogP contribution in [0.1, 0.15) is 19.4 Å². The van der Waals surface area contributed by atoms with Gasteiger partial charge in [-0.2, -0.15) is 0 Å². The maximum atomic E-state index is 2.29. The highest BCUT2D eigenvalue weighted by Gasteiger charge is 2.37. The molecule has 1 aliphatic rings. The third-order valence-corrected chi connectivity index (χ3v) is 3.47. The maximum Gasteiger partial charge on any atom is 0.164 e.